The zero-order valence-electron chi connectivity index (χ0n) is 7.75. The molecule has 1 aromatic rings. The minimum absolute atomic E-state index is 0.397. The summed E-state index contributed by atoms with van der Waals surface area (Å²) in [6.07, 6.45) is 0. The molecule has 0 radical (unpaired) electrons. The smallest absolute Gasteiger partial charge is 0.255 e. The SMILES string of the molecule is Cc1ccc(Br)cc1C(N)C(=O)NN. The van der Waals surface area contributed by atoms with Crippen LogP contribution in [0.4, 0.5) is 0 Å². The van der Waals surface area contributed by atoms with Crippen molar-refractivity contribution in [3.05, 3.63) is 33.8 Å². The molecule has 0 spiro atoms. The van der Waals surface area contributed by atoms with Gasteiger partial charge < -0.3 is 5.73 Å². The number of hydrogen-bond donors (Lipinski definition) is 3. The van der Waals surface area contributed by atoms with E-state index in [0.717, 1.165) is 15.6 Å². The summed E-state index contributed by atoms with van der Waals surface area (Å²) in [5.41, 5.74) is 9.46. The predicted molar refractivity (Wildman–Crippen MR) is 58.1 cm³/mol. The third-order valence-electron chi connectivity index (χ3n) is 2.00. The van der Waals surface area contributed by atoms with Crippen molar-refractivity contribution >= 4 is 21.8 Å². The molecule has 76 valence electrons. The number of halogens is 1. The van der Waals surface area contributed by atoms with Crippen molar-refractivity contribution in [1.82, 2.24) is 5.43 Å². The molecule has 14 heavy (non-hydrogen) atoms. The van der Waals surface area contributed by atoms with E-state index in [-0.39, 0.29) is 0 Å². The highest BCUT2D eigenvalue weighted by Gasteiger charge is 2.16. The van der Waals surface area contributed by atoms with Crippen LogP contribution >= 0.6 is 15.9 Å². The first-order valence-corrected chi connectivity index (χ1v) is 4.87. The maximum absolute atomic E-state index is 11.2. The Hall–Kier alpha value is -0.910. The van der Waals surface area contributed by atoms with Crippen LogP contribution in [0.2, 0.25) is 0 Å². The van der Waals surface area contributed by atoms with Crippen molar-refractivity contribution in [2.45, 2.75) is 13.0 Å². The van der Waals surface area contributed by atoms with Gasteiger partial charge in [0.2, 0.25) is 0 Å². The topological polar surface area (TPSA) is 81.1 Å². The van der Waals surface area contributed by atoms with Gasteiger partial charge in [-0.3, -0.25) is 10.2 Å². The lowest BCUT2D eigenvalue weighted by Crippen LogP contribution is -2.38. The highest BCUT2D eigenvalue weighted by Crippen LogP contribution is 2.20. The molecule has 0 saturated carbocycles. The minimum Gasteiger partial charge on any atom is -0.316 e. The van der Waals surface area contributed by atoms with Crippen LogP contribution in [0.25, 0.3) is 0 Å². The zero-order valence-corrected chi connectivity index (χ0v) is 9.34. The second-order valence-corrected chi connectivity index (χ2v) is 3.90. The molecule has 0 aliphatic heterocycles. The largest absolute Gasteiger partial charge is 0.316 e. The fourth-order valence-electron chi connectivity index (χ4n) is 1.18. The van der Waals surface area contributed by atoms with E-state index in [4.69, 9.17) is 11.6 Å². The summed E-state index contributed by atoms with van der Waals surface area (Å²) in [4.78, 5) is 11.2. The number of amides is 1. The van der Waals surface area contributed by atoms with Crippen LogP contribution in [0, 0.1) is 6.92 Å². The Morgan fingerprint density at radius 3 is 2.79 bits per heavy atom. The number of hydrogen-bond acceptors (Lipinski definition) is 3. The normalized spacial score (nSPS) is 12.3. The molecule has 1 unspecified atom stereocenters. The lowest BCUT2D eigenvalue weighted by atomic mass is 10.0. The number of carbonyl (C=O) groups excluding carboxylic acids is 1. The number of carbonyl (C=O) groups is 1. The predicted octanol–water partition coefficient (Wildman–Crippen LogP) is 0.747. The third-order valence-corrected chi connectivity index (χ3v) is 2.49. The maximum Gasteiger partial charge on any atom is 0.255 e. The van der Waals surface area contributed by atoms with Gasteiger partial charge in [0.05, 0.1) is 0 Å². The summed E-state index contributed by atoms with van der Waals surface area (Å²) in [7, 11) is 0. The number of aryl methyl sites for hydroxylation is 1. The Morgan fingerprint density at radius 1 is 1.57 bits per heavy atom. The lowest BCUT2D eigenvalue weighted by Gasteiger charge is -2.13. The summed E-state index contributed by atoms with van der Waals surface area (Å²) >= 11 is 3.32. The molecule has 0 saturated heterocycles. The third kappa shape index (κ3) is 2.31. The van der Waals surface area contributed by atoms with E-state index in [1.165, 1.54) is 0 Å². The molecule has 1 atom stereocenters. The van der Waals surface area contributed by atoms with Gasteiger partial charge in [0.15, 0.2) is 0 Å². The van der Waals surface area contributed by atoms with Crippen LogP contribution in [0.15, 0.2) is 22.7 Å². The molecule has 0 bridgehead atoms. The first kappa shape index (κ1) is 11.2. The number of nitrogens with two attached hydrogens (primary N) is 2. The van der Waals surface area contributed by atoms with Gasteiger partial charge >= 0.3 is 0 Å². The van der Waals surface area contributed by atoms with E-state index >= 15 is 0 Å². The Balaban J connectivity index is 3.05. The summed E-state index contributed by atoms with van der Waals surface area (Å²) < 4.78 is 0.887. The van der Waals surface area contributed by atoms with Gasteiger partial charge in [-0.05, 0) is 30.2 Å². The fourth-order valence-corrected chi connectivity index (χ4v) is 1.56. The van der Waals surface area contributed by atoms with Gasteiger partial charge in [-0.15, -0.1) is 0 Å². The molecule has 0 aliphatic carbocycles. The van der Waals surface area contributed by atoms with Crippen molar-refractivity contribution in [1.29, 1.82) is 0 Å². The minimum atomic E-state index is -0.725. The second kappa shape index (κ2) is 4.54. The lowest BCUT2D eigenvalue weighted by molar-refractivity contribution is -0.122. The molecule has 1 aromatic carbocycles. The molecular weight excluding hydrogens is 246 g/mol. The van der Waals surface area contributed by atoms with E-state index in [1.54, 1.807) is 0 Å². The number of nitrogens with one attached hydrogen (secondary N) is 1. The van der Waals surface area contributed by atoms with Gasteiger partial charge in [-0.1, -0.05) is 22.0 Å². The Kier molecular flexibility index (Phi) is 3.62. The molecule has 0 aliphatic rings. The monoisotopic (exact) mass is 257 g/mol. The summed E-state index contributed by atoms with van der Waals surface area (Å²) in [6, 6.07) is 4.88. The van der Waals surface area contributed by atoms with Crippen molar-refractivity contribution in [3.63, 3.8) is 0 Å². The second-order valence-electron chi connectivity index (χ2n) is 2.99. The Labute approximate surface area is 90.8 Å². The molecule has 4 nitrogen and oxygen atoms in total. The van der Waals surface area contributed by atoms with Crippen LogP contribution in [-0.4, -0.2) is 5.91 Å². The quantitative estimate of drug-likeness (QED) is 0.416. The van der Waals surface area contributed by atoms with E-state index in [0.29, 0.717) is 0 Å². The Morgan fingerprint density at radius 2 is 2.21 bits per heavy atom. The van der Waals surface area contributed by atoms with E-state index < -0.39 is 11.9 Å². The van der Waals surface area contributed by atoms with E-state index in [1.807, 2.05) is 30.5 Å². The van der Waals surface area contributed by atoms with Gasteiger partial charge in [-0.2, -0.15) is 0 Å². The van der Waals surface area contributed by atoms with Crippen molar-refractivity contribution in [2.75, 3.05) is 0 Å². The standard InChI is InChI=1S/C9H12BrN3O/c1-5-2-3-6(10)4-7(5)8(11)9(14)13-12/h2-4,8H,11-12H2,1H3,(H,13,14). The fraction of sp³-hybridized carbons (Fsp3) is 0.222. The number of hydrazine groups is 1. The molecule has 5 N–H and O–H groups in total. The van der Waals surface area contributed by atoms with Crippen LogP contribution in [0.3, 0.4) is 0 Å². The first-order valence-electron chi connectivity index (χ1n) is 4.08. The summed E-state index contributed by atoms with van der Waals surface area (Å²) in [5, 5.41) is 0. The van der Waals surface area contributed by atoms with Crippen LogP contribution in [-0.2, 0) is 4.79 Å². The van der Waals surface area contributed by atoms with Gasteiger partial charge in [0.1, 0.15) is 6.04 Å². The first-order chi connectivity index (χ1) is 6.56. The van der Waals surface area contributed by atoms with Gasteiger partial charge in [0, 0.05) is 4.47 Å². The van der Waals surface area contributed by atoms with E-state index in [2.05, 4.69) is 15.9 Å². The van der Waals surface area contributed by atoms with Crippen molar-refractivity contribution in [3.8, 4) is 0 Å². The van der Waals surface area contributed by atoms with Crippen LogP contribution in [0.5, 0.6) is 0 Å². The summed E-state index contributed by atoms with van der Waals surface area (Å²) in [5.74, 6) is 4.61. The molecule has 1 rings (SSSR count). The number of rotatable bonds is 2. The molecular formula is C9H12BrN3O. The van der Waals surface area contributed by atoms with Gasteiger partial charge in [-0.25, -0.2) is 5.84 Å². The zero-order chi connectivity index (χ0) is 10.7. The van der Waals surface area contributed by atoms with Crippen LogP contribution < -0.4 is 17.0 Å². The molecule has 0 heterocycles. The molecule has 0 fully saturated rings. The van der Waals surface area contributed by atoms with Crippen molar-refractivity contribution in [2.24, 2.45) is 11.6 Å². The maximum atomic E-state index is 11.2. The van der Waals surface area contributed by atoms with Crippen LogP contribution in [0.1, 0.15) is 17.2 Å². The highest BCUT2D eigenvalue weighted by molar-refractivity contribution is 9.10. The average Bonchev–Trinajstić information content (AvgIpc) is 2.19. The molecule has 0 aromatic heterocycles. The van der Waals surface area contributed by atoms with Gasteiger partial charge in [0.25, 0.3) is 5.91 Å². The summed E-state index contributed by atoms with van der Waals surface area (Å²) in [6.45, 7) is 1.89. The molecule has 1 amide bonds. The van der Waals surface area contributed by atoms with E-state index in [9.17, 15) is 4.79 Å². The molecule has 5 heteroatoms. The highest BCUT2D eigenvalue weighted by atomic mass is 79.9. The Bertz CT molecular complexity index is 354. The average molecular weight is 258 g/mol. The van der Waals surface area contributed by atoms with Crippen molar-refractivity contribution < 1.29 is 4.79 Å². The number of benzene rings is 1.